The molecule has 0 aromatic heterocycles. The molecule has 2 spiro atoms. The number of carbonyl (C=O) groups is 3. The van der Waals surface area contributed by atoms with E-state index in [2.05, 4.69) is 0 Å². The molecule has 194 valence electrons. The number of aliphatic hydroxyl groups is 1. The van der Waals surface area contributed by atoms with E-state index in [-0.39, 0.29) is 31.5 Å². The normalized spacial score (nSPS) is 46.3. The van der Waals surface area contributed by atoms with Gasteiger partial charge in [-0.3, -0.25) is 4.79 Å². The lowest BCUT2D eigenvalue weighted by atomic mass is 9.57. The highest BCUT2D eigenvalue weighted by molar-refractivity contribution is 5.91. The smallest absolute Gasteiger partial charge is 0.331 e. The summed E-state index contributed by atoms with van der Waals surface area (Å²) in [5, 5.41) is 10.9. The van der Waals surface area contributed by atoms with E-state index in [0.717, 1.165) is 11.1 Å². The predicted molar refractivity (Wildman–Crippen MR) is 126 cm³/mol. The van der Waals surface area contributed by atoms with Crippen molar-refractivity contribution in [3.8, 4) is 0 Å². The fraction of sp³-hybridized carbons (Fsp3) is 0.593. The molecule has 3 aliphatic heterocycles. The van der Waals surface area contributed by atoms with Crippen molar-refractivity contribution < 1.29 is 43.2 Å². The van der Waals surface area contributed by atoms with E-state index in [1.54, 1.807) is 6.92 Å². The molecule has 2 bridgehead atoms. The SMILES string of the molecule is CC1=C[C@H]2O[C@@H]3C[C@H]4OC(=O)/C=C\C=C\C(=O)OCC/C(C)=C\C(=O)CO[C@@]2(C[C@H]1O)[C@]4(C)[C@@]31CO1. The Balaban J connectivity index is 1.55. The van der Waals surface area contributed by atoms with Gasteiger partial charge in [-0.25, -0.2) is 9.59 Å². The van der Waals surface area contributed by atoms with Gasteiger partial charge in [-0.05, 0) is 25.5 Å². The first-order valence-corrected chi connectivity index (χ1v) is 12.3. The number of ketones is 1. The molecule has 1 saturated carbocycles. The number of cyclic esters (lactones) is 1. The lowest BCUT2D eigenvalue weighted by Gasteiger charge is -2.58. The van der Waals surface area contributed by atoms with Crippen molar-refractivity contribution in [1.29, 1.82) is 0 Å². The van der Waals surface area contributed by atoms with Crippen LogP contribution in [0.2, 0.25) is 0 Å². The van der Waals surface area contributed by atoms with E-state index in [1.807, 2.05) is 19.9 Å². The Morgan fingerprint density at radius 3 is 2.44 bits per heavy atom. The second-order valence-electron chi connectivity index (χ2n) is 10.5. The maximum absolute atomic E-state index is 12.9. The van der Waals surface area contributed by atoms with Gasteiger partial charge in [0.25, 0.3) is 0 Å². The number of carbonyl (C=O) groups excluding carboxylic acids is 3. The Kier molecular flexibility index (Phi) is 6.31. The predicted octanol–water partition coefficient (Wildman–Crippen LogP) is 1.89. The highest BCUT2D eigenvalue weighted by atomic mass is 16.7. The number of hydrogen-bond donors (Lipinski definition) is 1. The molecule has 0 aromatic carbocycles. The summed E-state index contributed by atoms with van der Waals surface area (Å²) in [6, 6.07) is 0. The molecule has 3 heterocycles. The Morgan fingerprint density at radius 1 is 1.00 bits per heavy atom. The van der Waals surface area contributed by atoms with Gasteiger partial charge in [-0.15, -0.1) is 0 Å². The molecule has 7 atom stereocenters. The van der Waals surface area contributed by atoms with Crippen LogP contribution >= 0.6 is 0 Å². The van der Waals surface area contributed by atoms with Crippen LogP contribution in [0.3, 0.4) is 0 Å². The van der Waals surface area contributed by atoms with Crippen LogP contribution in [0.1, 0.15) is 40.0 Å². The van der Waals surface area contributed by atoms with Gasteiger partial charge >= 0.3 is 11.9 Å². The molecule has 9 nitrogen and oxygen atoms in total. The molecule has 0 amide bonds. The second kappa shape index (κ2) is 9.06. The maximum Gasteiger partial charge on any atom is 0.331 e. The molecule has 0 radical (unpaired) electrons. The number of allylic oxidation sites excluding steroid dienone is 2. The van der Waals surface area contributed by atoms with Gasteiger partial charge in [0.1, 0.15) is 30.0 Å². The first kappa shape index (κ1) is 25.1. The first-order valence-electron chi connectivity index (χ1n) is 12.3. The molecule has 0 unspecified atom stereocenters. The highest BCUT2D eigenvalue weighted by Crippen LogP contribution is 2.69. The van der Waals surface area contributed by atoms with E-state index in [0.29, 0.717) is 19.4 Å². The largest absolute Gasteiger partial charge is 0.462 e. The number of esters is 2. The standard InChI is InChI=1S/C27H32O9/c1-16-8-9-32-23(30)6-4-5-7-24(31)36-20-12-22-27(15-34-27)25(20,3)26(33-14-18(28)10-16)13-19(29)17(2)11-21(26)35-22/h4-7,10-11,19-22,29H,8-9,12-15H2,1-3H3/b6-4+,7-5-,16-10-/t19-,20-,21-,22-,25-,26-,27-/m1/s1. The molecule has 3 fully saturated rings. The monoisotopic (exact) mass is 500 g/mol. The summed E-state index contributed by atoms with van der Waals surface area (Å²) in [5.74, 6) is -1.40. The lowest BCUT2D eigenvalue weighted by Crippen LogP contribution is -2.71. The average molecular weight is 501 g/mol. The summed E-state index contributed by atoms with van der Waals surface area (Å²) in [6.45, 7) is 5.85. The fourth-order valence-corrected chi connectivity index (χ4v) is 6.32. The lowest BCUT2D eigenvalue weighted by molar-refractivity contribution is -0.276. The van der Waals surface area contributed by atoms with Crippen LogP contribution < -0.4 is 0 Å². The number of hydrogen-bond acceptors (Lipinski definition) is 9. The number of rotatable bonds is 0. The number of epoxide rings is 1. The number of ether oxygens (including phenoxy) is 5. The summed E-state index contributed by atoms with van der Waals surface area (Å²) in [7, 11) is 0. The van der Waals surface area contributed by atoms with Crippen LogP contribution in [0.15, 0.2) is 47.6 Å². The molecule has 2 saturated heterocycles. The van der Waals surface area contributed by atoms with E-state index in [4.69, 9.17) is 23.7 Å². The van der Waals surface area contributed by atoms with Gasteiger partial charge in [0.2, 0.25) is 0 Å². The molecule has 36 heavy (non-hydrogen) atoms. The van der Waals surface area contributed by atoms with E-state index in [9.17, 15) is 19.5 Å². The third kappa shape index (κ3) is 3.89. The Bertz CT molecular complexity index is 1080. The minimum atomic E-state index is -1.16. The van der Waals surface area contributed by atoms with Crippen molar-refractivity contribution >= 4 is 17.7 Å². The van der Waals surface area contributed by atoms with E-state index >= 15 is 0 Å². The van der Waals surface area contributed by atoms with Crippen molar-refractivity contribution in [1.82, 2.24) is 0 Å². The van der Waals surface area contributed by atoms with Gasteiger partial charge in [-0.2, -0.15) is 0 Å². The second-order valence-corrected chi connectivity index (χ2v) is 10.5. The van der Waals surface area contributed by atoms with Crippen molar-refractivity contribution in [3.05, 3.63) is 47.6 Å². The molecule has 0 aromatic rings. The summed E-state index contributed by atoms with van der Waals surface area (Å²) in [4.78, 5) is 37.5. The van der Waals surface area contributed by atoms with Crippen molar-refractivity contribution in [2.75, 3.05) is 19.8 Å². The van der Waals surface area contributed by atoms with Crippen LogP contribution in [0.5, 0.6) is 0 Å². The van der Waals surface area contributed by atoms with Crippen LogP contribution in [-0.4, -0.2) is 78.3 Å². The first-order chi connectivity index (χ1) is 17.1. The summed E-state index contributed by atoms with van der Waals surface area (Å²) < 4.78 is 30.1. The van der Waals surface area contributed by atoms with Crippen molar-refractivity contribution in [2.24, 2.45) is 5.41 Å². The average Bonchev–Trinajstić information content (AvgIpc) is 3.59. The van der Waals surface area contributed by atoms with Crippen LogP contribution in [-0.2, 0) is 38.1 Å². The van der Waals surface area contributed by atoms with Crippen LogP contribution in [0.25, 0.3) is 0 Å². The Morgan fingerprint density at radius 2 is 1.72 bits per heavy atom. The maximum atomic E-state index is 12.9. The molecule has 9 heteroatoms. The molecule has 5 aliphatic rings. The molecule has 1 N–H and O–H groups in total. The van der Waals surface area contributed by atoms with Gasteiger partial charge < -0.3 is 28.8 Å². The Labute approximate surface area is 209 Å². The zero-order valence-corrected chi connectivity index (χ0v) is 20.7. The van der Waals surface area contributed by atoms with E-state index < -0.39 is 46.9 Å². The topological polar surface area (TPSA) is 121 Å². The zero-order valence-electron chi connectivity index (χ0n) is 20.7. The summed E-state index contributed by atoms with van der Waals surface area (Å²) >= 11 is 0. The van der Waals surface area contributed by atoms with Gasteiger partial charge in [0, 0.05) is 31.4 Å². The fourth-order valence-electron chi connectivity index (χ4n) is 6.32. The summed E-state index contributed by atoms with van der Waals surface area (Å²) in [5.41, 5.74) is -1.28. The van der Waals surface area contributed by atoms with Crippen LogP contribution in [0, 0.1) is 5.41 Å². The van der Waals surface area contributed by atoms with Crippen molar-refractivity contribution in [3.63, 3.8) is 0 Å². The zero-order chi connectivity index (χ0) is 25.7. The highest BCUT2D eigenvalue weighted by Gasteiger charge is 2.84. The Hall–Kier alpha value is -2.59. The quantitative estimate of drug-likeness (QED) is 0.302. The van der Waals surface area contributed by atoms with Gasteiger partial charge in [0.05, 0.1) is 30.8 Å². The van der Waals surface area contributed by atoms with Crippen LogP contribution in [0.4, 0.5) is 0 Å². The third-order valence-electron chi connectivity index (χ3n) is 8.47. The van der Waals surface area contributed by atoms with Gasteiger partial charge in [0.15, 0.2) is 5.78 Å². The third-order valence-corrected chi connectivity index (χ3v) is 8.47. The summed E-state index contributed by atoms with van der Waals surface area (Å²) in [6.07, 6.45) is 7.26. The van der Waals surface area contributed by atoms with Gasteiger partial charge in [-0.1, -0.05) is 30.7 Å². The minimum absolute atomic E-state index is 0.114. The number of aliphatic hydroxyl groups excluding tert-OH is 1. The molecular weight excluding hydrogens is 468 g/mol. The van der Waals surface area contributed by atoms with Crippen molar-refractivity contribution in [2.45, 2.75) is 75.7 Å². The molecular formula is C27H32O9. The molecule has 5 rings (SSSR count). The minimum Gasteiger partial charge on any atom is -0.462 e. The molecule has 2 aliphatic carbocycles. The van der Waals surface area contributed by atoms with E-state index in [1.165, 1.54) is 30.4 Å².